The molecule has 0 saturated carbocycles. The average molecular weight is 242 g/mol. The summed E-state index contributed by atoms with van der Waals surface area (Å²) in [4.78, 5) is 15.2. The van der Waals surface area contributed by atoms with Gasteiger partial charge in [0.05, 0.1) is 14.0 Å². The van der Waals surface area contributed by atoms with E-state index >= 15 is 0 Å². The van der Waals surface area contributed by atoms with Gasteiger partial charge in [-0.3, -0.25) is 9.78 Å². The van der Waals surface area contributed by atoms with Crippen LogP contribution in [0.25, 0.3) is 10.1 Å². The van der Waals surface area contributed by atoms with Gasteiger partial charge < -0.3 is 0 Å². The fourth-order valence-corrected chi connectivity index (χ4v) is 2.45. The van der Waals surface area contributed by atoms with Crippen molar-refractivity contribution >= 4 is 43.6 Å². The number of hydrogen-bond donors (Lipinski definition) is 0. The highest BCUT2D eigenvalue weighted by Crippen LogP contribution is 2.29. The summed E-state index contributed by atoms with van der Waals surface area (Å²) >= 11 is 4.84. The topological polar surface area (TPSA) is 30.0 Å². The second kappa shape index (κ2) is 2.95. The molecule has 0 bridgehead atoms. The quantitative estimate of drug-likeness (QED) is 0.719. The number of aldehydes is 1. The molecule has 0 unspecified atom stereocenters. The predicted molar refractivity (Wildman–Crippen MR) is 52.7 cm³/mol. The van der Waals surface area contributed by atoms with Crippen molar-refractivity contribution in [3.05, 3.63) is 27.8 Å². The zero-order chi connectivity index (χ0) is 8.55. The number of carbonyl (C=O) groups excluding carboxylic acids is 1. The molecule has 0 saturated heterocycles. The van der Waals surface area contributed by atoms with E-state index in [2.05, 4.69) is 20.9 Å². The summed E-state index contributed by atoms with van der Waals surface area (Å²) in [5, 5.41) is 1.01. The van der Waals surface area contributed by atoms with Crippen LogP contribution >= 0.6 is 27.3 Å². The Balaban J connectivity index is 2.82. The van der Waals surface area contributed by atoms with E-state index in [1.807, 2.05) is 6.07 Å². The first-order valence-electron chi connectivity index (χ1n) is 3.29. The van der Waals surface area contributed by atoms with Crippen molar-refractivity contribution in [1.29, 1.82) is 0 Å². The third-order valence-electron chi connectivity index (χ3n) is 1.51. The molecular formula is C8H4BrNOS. The number of hydrogen-bond acceptors (Lipinski definition) is 3. The minimum absolute atomic E-state index is 0.735. The molecule has 2 aromatic rings. The molecular weight excluding hydrogens is 238 g/mol. The molecule has 0 spiro atoms. The lowest BCUT2D eigenvalue weighted by Gasteiger charge is -1.88. The van der Waals surface area contributed by atoms with Gasteiger partial charge in [0, 0.05) is 17.8 Å². The molecule has 0 radical (unpaired) electrons. The number of carbonyl (C=O) groups is 1. The molecule has 0 aliphatic rings. The van der Waals surface area contributed by atoms with E-state index in [-0.39, 0.29) is 0 Å². The Morgan fingerprint density at radius 2 is 2.33 bits per heavy atom. The normalized spacial score (nSPS) is 10.4. The third-order valence-corrected chi connectivity index (χ3v) is 3.49. The van der Waals surface area contributed by atoms with E-state index in [0.29, 0.717) is 0 Å². The molecule has 0 aliphatic carbocycles. The minimum atomic E-state index is 0.735. The van der Waals surface area contributed by atoms with Gasteiger partial charge in [0.1, 0.15) is 0 Å². The molecule has 2 nitrogen and oxygen atoms in total. The van der Waals surface area contributed by atoms with Gasteiger partial charge >= 0.3 is 0 Å². The summed E-state index contributed by atoms with van der Waals surface area (Å²) in [6, 6.07) is 1.84. The molecule has 0 amide bonds. The predicted octanol–water partition coefficient (Wildman–Crippen LogP) is 2.87. The van der Waals surface area contributed by atoms with Crippen molar-refractivity contribution in [1.82, 2.24) is 4.98 Å². The molecule has 2 rings (SSSR count). The highest BCUT2D eigenvalue weighted by Gasteiger charge is 2.03. The van der Waals surface area contributed by atoms with Gasteiger partial charge in [-0.2, -0.15) is 0 Å². The maximum Gasteiger partial charge on any atom is 0.160 e. The highest BCUT2D eigenvalue weighted by molar-refractivity contribution is 9.10. The van der Waals surface area contributed by atoms with E-state index in [1.165, 1.54) is 11.3 Å². The van der Waals surface area contributed by atoms with E-state index in [0.717, 1.165) is 25.7 Å². The second-order valence-electron chi connectivity index (χ2n) is 2.31. The average Bonchev–Trinajstić information content (AvgIpc) is 2.49. The molecule has 0 N–H and O–H groups in total. The van der Waals surface area contributed by atoms with Crippen LogP contribution in [0.4, 0.5) is 0 Å². The summed E-state index contributed by atoms with van der Waals surface area (Å²) < 4.78 is 2.02. The van der Waals surface area contributed by atoms with Crippen molar-refractivity contribution in [2.45, 2.75) is 0 Å². The van der Waals surface area contributed by atoms with Crippen molar-refractivity contribution < 1.29 is 4.79 Å². The zero-order valence-electron chi connectivity index (χ0n) is 5.95. The summed E-state index contributed by atoms with van der Waals surface area (Å²) in [6.45, 7) is 0. The summed E-state index contributed by atoms with van der Waals surface area (Å²) in [5.41, 5.74) is 0. The van der Waals surface area contributed by atoms with Crippen molar-refractivity contribution in [2.75, 3.05) is 0 Å². The van der Waals surface area contributed by atoms with Crippen LogP contribution in [0.3, 0.4) is 0 Å². The van der Waals surface area contributed by atoms with Gasteiger partial charge in [0.25, 0.3) is 0 Å². The Labute approximate surface area is 81.4 Å². The van der Waals surface area contributed by atoms with Crippen LogP contribution in [0.1, 0.15) is 9.67 Å². The SMILES string of the molecule is O=Cc1cc2cncc(Br)c2s1. The van der Waals surface area contributed by atoms with E-state index in [4.69, 9.17) is 0 Å². The number of pyridine rings is 1. The van der Waals surface area contributed by atoms with E-state index in [9.17, 15) is 4.79 Å². The number of fused-ring (bicyclic) bond motifs is 1. The van der Waals surface area contributed by atoms with Gasteiger partial charge in [-0.25, -0.2) is 0 Å². The van der Waals surface area contributed by atoms with E-state index in [1.54, 1.807) is 12.4 Å². The molecule has 0 atom stereocenters. The first-order valence-corrected chi connectivity index (χ1v) is 4.90. The largest absolute Gasteiger partial charge is 0.297 e. The Bertz CT molecular complexity index is 438. The standard InChI is InChI=1S/C8H4BrNOS/c9-7-3-10-2-5-1-6(4-11)12-8(5)7/h1-4H. The van der Waals surface area contributed by atoms with Gasteiger partial charge in [-0.15, -0.1) is 11.3 Å². The molecule has 2 heterocycles. The molecule has 12 heavy (non-hydrogen) atoms. The maximum atomic E-state index is 10.5. The Morgan fingerprint density at radius 1 is 1.50 bits per heavy atom. The zero-order valence-corrected chi connectivity index (χ0v) is 8.35. The van der Waals surface area contributed by atoms with Crippen LogP contribution < -0.4 is 0 Å². The highest BCUT2D eigenvalue weighted by atomic mass is 79.9. The number of aromatic nitrogens is 1. The maximum absolute atomic E-state index is 10.5. The molecule has 0 aliphatic heterocycles. The lowest BCUT2D eigenvalue weighted by Crippen LogP contribution is -1.69. The van der Waals surface area contributed by atoms with Crippen LogP contribution in [-0.4, -0.2) is 11.3 Å². The number of thiophene rings is 1. The third kappa shape index (κ3) is 1.17. The summed E-state index contributed by atoms with van der Waals surface area (Å²) in [6.07, 6.45) is 4.34. The fraction of sp³-hybridized carbons (Fsp3) is 0. The molecule has 0 fully saturated rings. The lowest BCUT2D eigenvalue weighted by molar-refractivity contribution is 0.112. The van der Waals surface area contributed by atoms with E-state index < -0.39 is 0 Å². The Morgan fingerprint density at radius 3 is 3.00 bits per heavy atom. The molecule has 2 aromatic heterocycles. The number of rotatable bonds is 1. The first-order chi connectivity index (χ1) is 5.81. The fourth-order valence-electron chi connectivity index (χ4n) is 1.01. The summed E-state index contributed by atoms with van der Waals surface area (Å²) in [5.74, 6) is 0. The van der Waals surface area contributed by atoms with Gasteiger partial charge in [-0.05, 0) is 22.0 Å². The number of halogens is 1. The van der Waals surface area contributed by atoms with Crippen molar-refractivity contribution in [2.24, 2.45) is 0 Å². The van der Waals surface area contributed by atoms with Gasteiger partial charge in [-0.1, -0.05) is 0 Å². The molecule has 60 valence electrons. The Kier molecular flexibility index (Phi) is 1.94. The smallest absolute Gasteiger partial charge is 0.160 e. The van der Waals surface area contributed by atoms with Gasteiger partial charge in [0.15, 0.2) is 6.29 Å². The van der Waals surface area contributed by atoms with Crippen LogP contribution in [0.5, 0.6) is 0 Å². The van der Waals surface area contributed by atoms with Crippen LogP contribution in [0, 0.1) is 0 Å². The van der Waals surface area contributed by atoms with Crippen LogP contribution in [0.15, 0.2) is 22.9 Å². The van der Waals surface area contributed by atoms with Crippen LogP contribution in [-0.2, 0) is 0 Å². The number of nitrogens with zero attached hydrogens (tertiary/aromatic N) is 1. The van der Waals surface area contributed by atoms with Crippen molar-refractivity contribution in [3.63, 3.8) is 0 Å². The first kappa shape index (κ1) is 7.89. The minimum Gasteiger partial charge on any atom is -0.297 e. The lowest BCUT2D eigenvalue weighted by atomic mass is 10.3. The van der Waals surface area contributed by atoms with Crippen molar-refractivity contribution in [3.8, 4) is 0 Å². The molecule has 4 heteroatoms. The summed E-state index contributed by atoms with van der Waals surface area (Å²) in [7, 11) is 0. The monoisotopic (exact) mass is 241 g/mol. The van der Waals surface area contributed by atoms with Gasteiger partial charge in [0.2, 0.25) is 0 Å². The van der Waals surface area contributed by atoms with Crippen LogP contribution in [0.2, 0.25) is 0 Å². The Hall–Kier alpha value is -0.740. The molecule has 0 aromatic carbocycles. The second-order valence-corrected chi connectivity index (χ2v) is 4.24.